The number of carbonyl (C=O) groups excluding carboxylic acids is 5. The number of nitrogens with zero attached hydrogens (tertiary/aromatic N) is 3. The fraction of sp³-hybridized carbons (Fsp3) is 0.552. The third-order valence-electron chi connectivity index (χ3n) is 8.06. The molecule has 3 unspecified atom stereocenters. The number of benzene rings is 1. The summed E-state index contributed by atoms with van der Waals surface area (Å²) in [5.41, 5.74) is 1.09. The van der Waals surface area contributed by atoms with Crippen molar-refractivity contribution in [1.29, 1.82) is 0 Å². The molecule has 10 heteroatoms. The highest BCUT2D eigenvalue weighted by atomic mass is 16.7. The normalized spacial score (nSPS) is 26.5. The summed E-state index contributed by atoms with van der Waals surface area (Å²) in [7, 11) is 0. The molecule has 0 saturated carbocycles. The molecule has 4 aliphatic rings. The van der Waals surface area contributed by atoms with Gasteiger partial charge in [-0.15, -0.1) is 5.06 Å². The molecule has 39 heavy (non-hydrogen) atoms. The zero-order valence-corrected chi connectivity index (χ0v) is 22.8. The van der Waals surface area contributed by atoms with Gasteiger partial charge in [-0.05, 0) is 42.9 Å². The van der Waals surface area contributed by atoms with E-state index < -0.39 is 29.7 Å². The highest BCUT2D eigenvalue weighted by Gasteiger charge is 2.45. The van der Waals surface area contributed by atoms with Gasteiger partial charge in [-0.1, -0.05) is 32.6 Å². The summed E-state index contributed by atoms with van der Waals surface area (Å²) >= 11 is 0. The molecule has 1 aromatic carbocycles. The lowest BCUT2D eigenvalue weighted by Crippen LogP contribution is -2.59. The van der Waals surface area contributed by atoms with Crippen LogP contribution < -0.4 is 5.32 Å². The monoisotopic (exact) mass is 534 g/mol. The van der Waals surface area contributed by atoms with E-state index in [9.17, 15) is 24.0 Å². The number of amides is 4. The predicted molar refractivity (Wildman–Crippen MR) is 140 cm³/mol. The average Bonchev–Trinajstić information content (AvgIpc) is 3.07. The number of hydrogen-bond acceptors (Lipinski definition) is 8. The average molecular weight is 535 g/mol. The molecule has 0 radical (unpaired) electrons. The topological polar surface area (TPSA) is 116 Å². The standard InChI is InChI=1S/C29H34N4O6/c1-17(34)39-32-12-11-20(14-24(32)29(2,3)4)31-15-19(16-31)6-5-18-7-8-21-22(13-18)28(38)33(27(21)37)23-9-10-25(35)30-26(23)36/h7-8,13,19-20,23-24H,9-12,14-16H2,1-4H3,(H,30,35,36). The van der Waals surface area contributed by atoms with Crippen LogP contribution in [0.2, 0.25) is 0 Å². The molecule has 0 aliphatic carbocycles. The summed E-state index contributed by atoms with van der Waals surface area (Å²) < 4.78 is 0. The number of likely N-dealkylation sites (tertiary alicyclic amines) is 1. The van der Waals surface area contributed by atoms with Crippen molar-refractivity contribution in [3.8, 4) is 11.8 Å². The van der Waals surface area contributed by atoms with E-state index in [0.29, 0.717) is 18.2 Å². The fourth-order valence-electron chi connectivity index (χ4n) is 5.95. The third kappa shape index (κ3) is 5.34. The van der Waals surface area contributed by atoms with Gasteiger partial charge in [0, 0.05) is 50.5 Å². The van der Waals surface area contributed by atoms with Gasteiger partial charge in [0.1, 0.15) is 6.04 Å². The Balaban J connectivity index is 1.20. The first kappa shape index (κ1) is 27.0. The van der Waals surface area contributed by atoms with Gasteiger partial charge >= 0.3 is 5.97 Å². The van der Waals surface area contributed by atoms with E-state index in [0.717, 1.165) is 30.8 Å². The molecule has 0 bridgehead atoms. The number of fused-ring (bicyclic) bond motifs is 1. The molecule has 3 fully saturated rings. The molecule has 1 aromatic rings. The zero-order chi connectivity index (χ0) is 28.1. The number of carbonyl (C=O) groups is 5. The molecule has 206 valence electrons. The predicted octanol–water partition coefficient (Wildman–Crippen LogP) is 1.73. The van der Waals surface area contributed by atoms with Crippen LogP contribution in [0, 0.1) is 23.2 Å². The van der Waals surface area contributed by atoms with E-state index in [1.54, 1.807) is 18.2 Å². The first-order valence-corrected chi connectivity index (χ1v) is 13.5. The highest BCUT2D eigenvalue weighted by molar-refractivity contribution is 6.23. The number of nitrogens with one attached hydrogen (secondary N) is 1. The summed E-state index contributed by atoms with van der Waals surface area (Å²) in [4.78, 5) is 70.1. The first-order chi connectivity index (χ1) is 18.4. The van der Waals surface area contributed by atoms with Crippen LogP contribution in [0.25, 0.3) is 0 Å². The van der Waals surface area contributed by atoms with Gasteiger partial charge in [-0.3, -0.25) is 39.1 Å². The van der Waals surface area contributed by atoms with Crippen LogP contribution in [0.3, 0.4) is 0 Å². The van der Waals surface area contributed by atoms with Crippen molar-refractivity contribution < 1.29 is 28.8 Å². The second-order valence-corrected chi connectivity index (χ2v) is 11.9. The van der Waals surface area contributed by atoms with Crippen LogP contribution in [-0.4, -0.2) is 82.2 Å². The summed E-state index contributed by atoms with van der Waals surface area (Å²) in [6.45, 7) is 10.4. The van der Waals surface area contributed by atoms with Gasteiger partial charge in [-0.25, -0.2) is 0 Å². The Kier molecular flexibility index (Phi) is 7.08. The second kappa shape index (κ2) is 10.2. The van der Waals surface area contributed by atoms with Crippen LogP contribution in [0.4, 0.5) is 0 Å². The Morgan fingerprint density at radius 2 is 1.77 bits per heavy atom. The van der Waals surface area contributed by atoms with E-state index in [4.69, 9.17) is 4.84 Å². The summed E-state index contributed by atoms with van der Waals surface area (Å²) in [5, 5.41) is 4.05. The van der Waals surface area contributed by atoms with Crippen molar-refractivity contribution in [1.82, 2.24) is 20.2 Å². The SMILES string of the molecule is CC(=O)ON1CCC(N2CC(C#Cc3ccc4c(c3)C(=O)N(C3CCC(=O)NC3=O)C4=O)C2)CC1C(C)(C)C. The van der Waals surface area contributed by atoms with Crippen LogP contribution >= 0.6 is 0 Å². The van der Waals surface area contributed by atoms with Crippen molar-refractivity contribution in [2.45, 2.75) is 71.5 Å². The van der Waals surface area contributed by atoms with Crippen LogP contribution in [0.1, 0.15) is 79.7 Å². The second-order valence-electron chi connectivity index (χ2n) is 11.9. The lowest BCUT2D eigenvalue weighted by molar-refractivity contribution is -0.223. The van der Waals surface area contributed by atoms with Gasteiger partial charge < -0.3 is 4.84 Å². The van der Waals surface area contributed by atoms with Crippen LogP contribution in [0.5, 0.6) is 0 Å². The van der Waals surface area contributed by atoms with Crippen molar-refractivity contribution in [2.24, 2.45) is 11.3 Å². The molecule has 4 heterocycles. The van der Waals surface area contributed by atoms with Gasteiger partial charge in [0.15, 0.2) is 0 Å². The van der Waals surface area contributed by atoms with E-state index in [1.165, 1.54) is 6.92 Å². The first-order valence-electron chi connectivity index (χ1n) is 13.5. The number of rotatable bonds is 3. The fourth-order valence-corrected chi connectivity index (χ4v) is 5.95. The smallest absolute Gasteiger partial charge is 0.322 e. The summed E-state index contributed by atoms with van der Waals surface area (Å²) in [6, 6.07) is 4.48. The zero-order valence-electron chi connectivity index (χ0n) is 22.8. The maximum absolute atomic E-state index is 13.0. The van der Waals surface area contributed by atoms with E-state index in [2.05, 4.69) is 42.8 Å². The Morgan fingerprint density at radius 3 is 2.44 bits per heavy atom. The number of imide groups is 2. The van der Waals surface area contributed by atoms with E-state index in [1.807, 2.05) is 5.06 Å². The molecule has 0 aromatic heterocycles. The van der Waals surface area contributed by atoms with E-state index in [-0.39, 0.29) is 47.3 Å². The maximum Gasteiger partial charge on any atom is 0.322 e. The molecule has 4 aliphatic heterocycles. The quantitative estimate of drug-likeness (QED) is 0.461. The van der Waals surface area contributed by atoms with Crippen molar-refractivity contribution >= 4 is 29.6 Å². The lowest BCUT2D eigenvalue weighted by atomic mass is 9.79. The molecular formula is C29H34N4O6. The van der Waals surface area contributed by atoms with Crippen molar-refractivity contribution in [3.05, 3.63) is 34.9 Å². The molecule has 4 amide bonds. The van der Waals surface area contributed by atoms with Gasteiger partial charge in [0.05, 0.1) is 17.2 Å². The Hall–Kier alpha value is -3.55. The molecular weight excluding hydrogens is 500 g/mol. The van der Waals surface area contributed by atoms with Crippen LogP contribution in [-0.2, 0) is 19.2 Å². The Morgan fingerprint density at radius 1 is 1.05 bits per heavy atom. The van der Waals surface area contributed by atoms with Crippen molar-refractivity contribution in [3.63, 3.8) is 0 Å². The van der Waals surface area contributed by atoms with Crippen LogP contribution in [0.15, 0.2) is 18.2 Å². The Bertz CT molecular complexity index is 1300. The third-order valence-corrected chi connectivity index (χ3v) is 8.06. The largest absolute Gasteiger partial charge is 0.368 e. The van der Waals surface area contributed by atoms with Gasteiger partial charge in [0.2, 0.25) is 11.8 Å². The molecule has 1 N–H and O–H groups in total. The highest BCUT2D eigenvalue weighted by Crippen LogP contribution is 2.36. The van der Waals surface area contributed by atoms with E-state index >= 15 is 0 Å². The number of piperidine rings is 2. The summed E-state index contributed by atoms with van der Waals surface area (Å²) in [6.07, 6.45) is 2.05. The minimum Gasteiger partial charge on any atom is -0.368 e. The number of hydroxylamine groups is 2. The van der Waals surface area contributed by atoms with Crippen molar-refractivity contribution in [2.75, 3.05) is 19.6 Å². The molecule has 10 nitrogen and oxygen atoms in total. The number of hydrogen-bond donors (Lipinski definition) is 1. The van der Waals surface area contributed by atoms with Gasteiger partial charge in [-0.2, -0.15) is 0 Å². The minimum absolute atomic E-state index is 0.0294. The lowest BCUT2D eigenvalue weighted by Gasteiger charge is -2.50. The molecule has 3 saturated heterocycles. The Labute approximate surface area is 228 Å². The molecule has 5 rings (SSSR count). The minimum atomic E-state index is -0.982. The van der Waals surface area contributed by atoms with Gasteiger partial charge in [0.25, 0.3) is 11.8 Å². The summed E-state index contributed by atoms with van der Waals surface area (Å²) in [5.74, 6) is 4.30. The molecule has 0 spiro atoms. The molecule has 3 atom stereocenters. The maximum atomic E-state index is 13.0.